The van der Waals surface area contributed by atoms with E-state index in [2.05, 4.69) is 10.3 Å². The second-order valence-corrected chi connectivity index (χ2v) is 6.23. The number of nitrogens with one attached hydrogen (secondary N) is 1. The Bertz CT molecular complexity index is 893. The van der Waals surface area contributed by atoms with E-state index in [0.29, 0.717) is 31.9 Å². The summed E-state index contributed by atoms with van der Waals surface area (Å²) in [6, 6.07) is 8.32. The Morgan fingerprint density at radius 3 is 2.39 bits per heavy atom. The van der Waals surface area contributed by atoms with Gasteiger partial charge in [0, 0.05) is 13.1 Å². The van der Waals surface area contributed by atoms with Gasteiger partial charge in [0.25, 0.3) is 11.8 Å². The zero-order valence-corrected chi connectivity index (χ0v) is 15.0. The van der Waals surface area contributed by atoms with Gasteiger partial charge in [-0.1, -0.05) is 12.1 Å². The number of carbonyl (C=O) groups excluding carboxylic acids is 2. The van der Waals surface area contributed by atoms with Crippen molar-refractivity contribution in [1.29, 1.82) is 0 Å². The highest BCUT2D eigenvalue weighted by molar-refractivity contribution is 6.09. The molecule has 0 unspecified atom stereocenters. The largest absolute Gasteiger partial charge is 0.433 e. The number of alkyl halides is 3. The quantitative estimate of drug-likeness (QED) is 0.870. The molecule has 1 aliphatic heterocycles. The molecule has 9 heteroatoms. The molecule has 1 aromatic heterocycles. The maximum Gasteiger partial charge on any atom is 0.433 e. The number of ether oxygens (including phenoxy) is 1. The summed E-state index contributed by atoms with van der Waals surface area (Å²) in [6.45, 7) is 3.11. The molecule has 1 N–H and O–H groups in total. The number of pyridine rings is 1. The molecule has 2 amide bonds. The molecule has 0 radical (unpaired) electrons. The molecule has 28 heavy (non-hydrogen) atoms. The van der Waals surface area contributed by atoms with Gasteiger partial charge >= 0.3 is 6.18 Å². The minimum Gasteiger partial charge on any atom is -0.378 e. The second-order valence-electron chi connectivity index (χ2n) is 6.23. The lowest BCUT2D eigenvalue weighted by atomic mass is 10.1. The average molecular weight is 393 g/mol. The third kappa shape index (κ3) is 4.30. The van der Waals surface area contributed by atoms with Crippen LogP contribution in [0.2, 0.25) is 0 Å². The number of nitrogens with zero attached hydrogens (tertiary/aromatic N) is 2. The van der Waals surface area contributed by atoms with E-state index in [1.165, 1.54) is 6.92 Å². The molecule has 0 atom stereocenters. The van der Waals surface area contributed by atoms with Gasteiger partial charge in [0.1, 0.15) is 5.69 Å². The number of aromatic nitrogens is 1. The Balaban J connectivity index is 1.82. The van der Waals surface area contributed by atoms with Crippen molar-refractivity contribution < 1.29 is 27.5 Å². The van der Waals surface area contributed by atoms with E-state index in [1.54, 1.807) is 29.2 Å². The molecule has 1 fully saturated rings. The van der Waals surface area contributed by atoms with E-state index in [0.717, 1.165) is 12.1 Å². The zero-order valence-electron chi connectivity index (χ0n) is 15.0. The lowest BCUT2D eigenvalue weighted by molar-refractivity contribution is -0.141. The maximum atomic E-state index is 12.8. The Hall–Kier alpha value is -2.94. The van der Waals surface area contributed by atoms with E-state index in [-0.39, 0.29) is 22.9 Å². The van der Waals surface area contributed by atoms with Crippen molar-refractivity contribution in [2.75, 3.05) is 31.6 Å². The lowest BCUT2D eigenvalue weighted by Gasteiger charge is -2.27. The van der Waals surface area contributed by atoms with Gasteiger partial charge in [-0.05, 0) is 31.2 Å². The molecule has 0 aliphatic carbocycles. The molecular formula is C19H18F3N3O3. The highest BCUT2D eigenvalue weighted by Gasteiger charge is 2.33. The monoisotopic (exact) mass is 393 g/mol. The molecule has 2 heterocycles. The third-order valence-electron chi connectivity index (χ3n) is 4.32. The molecule has 1 aliphatic rings. The third-order valence-corrected chi connectivity index (χ3v) is 4.32. The number of amides is 2. The van der Waals surface area contributed by atoms with Crippen LogP contribution in [0.1, 0.15) is 32.1 Å². The minimum absolute atomic E-state index is 0.00150. The summed E-state index contributed by atoms with van der Waals surface area (Å²) in [4.78, 5) is 30.4. The van der Waals surface area contributed by atoms with Crippen LogP contribution in [0.3, 0.4) is 0 Å². The number of aryl methyl sites for hydroxylation is 1. The van der Waals surface area contributed by atoms with Gasteiger partial charge in [0.15, 0.2) is 0 Å². The summed E-state index contributed by atoms with van der Waals surface area (Å²) < 4.78 is 43.5. The van der Waals surface area contributed by atoms with Crippen molar-refractivity contribution in [2.24, 2.45) is 0 Å². The molecule has 148 valence electrons. The number of hydrogen-bond donors (Lipinski definition) is 1. The first kappa shape index (κ1) is 19.8. The van der Waals surface area contributed by atoms with E-state index in [4.69, 9.17) is 4.74 Å². The fourth-order valence-corrected chi connectivity index (χ4v) is 2.86. The summed E-state index contributed by atoms with van der Waals surface area (Å²) in [7, 11) is 0. The van der Waals surface area contributed by atoms with Crippen LogP contribution < -0.4 is 5.32 Å². The van der Waals surface area contributed by atoms with E-state index < -0.39 is 17.8 Å². The van der Waals surface area contributed by atoms with Crippen LogP contribution in [0.5, 0.6) is 0 Å². The highest BCUT2D eigenvalue weighted by atomic mass is 19.4. The minimum atomic E-state index is -4.59. The number of anilines is 1. The molecule has 1 aromatic carbocycles. The van der Waals surface area contributed by atoms with Gasteiger partial charge in [-0.25, -0.2) is 4.98 Å². The summed E-state index contributed by atoms with van der Waals surface area (Å²) >= 11 is 0. The SMILES string of the molecule is Cc1nc(C(F)(F)F)ccc1C(=O)Nc1ccccc1C(=O)N1CCOCC1. The first-order chi connectivity index (χ1) is 13.3. The van der Waals surface area contributed by atoms with Crippen LogP contribution >= 0.6 is 0 Å². The van der Waals surface area contributed by atoms with Crippen LogP contribution in [0.25, 0.3) is 0 Å². The van der Waals surface area contributed by atoms with Crippen LogP contribution in [0.4, 0.5) is 18.9 Å². The van der Waals surface area contributed by atoms with Gasteiger partial charge in [-0.15, -0.1) is 0 Å². The first-order valence-corrected chi connectivity index (χ1v) is 8.59. The number of morpholine rings is 1. The van der Waals surface area contributed by atoms with E-state index in [9.17, 15) is 22.8 Å². The van der Waals surface area contributed by atoms with Crippen molar-refractivity contribution in [3.63, 3.8) is 0 Å². The standard InChI is InChI=1S/C19H18F3N3O3/c1-12-13(6-7-16(23-12)19(20,21)22)17(26)24-15-5-3-2-4-14(15)18(27)25-8-10-28-11-9-25/h2-7H,8-11H2,1H3,(H,24,26). The molecule has 0 spiro atoms. The Morgan fingerprint density at radius 1 is 1.07 bits per heavy atom. The van der Waals surface area contributed by atoms with Crippen molar-refractivity contribution in [3.8, 4) is 0 Å². The van der Waals surface area contributed by atoms with Crippen LogP contribution in [0.15, 0.2) is 36.4 Å². The maximum absolute atomic E-state index is 12.8. The van der Waals surface area contributed by atoms with Crippen molar-refractivity contribution >= 4 is 17.5 Å². The van der Waals surface area contributed by atoms with Gasteiger partial charge in [0.05, 0.1) is 35.7 Å². The molecule has 0 bridgehead atoms. The summed E-state index contributed by atoms with van der Waals surface area (Å²) in [5.41, 5.74) is -0.533. The topological polar surface area (TPSA) is 71.5 Å². The average Bonchev–Trinajstić information content (AvgIpc) is 2.67. The summed E-state index contributed by atoms with van der Waals surface area (Å²) in [5.74, 6) is -0.887. The van der Waals surface area contributed by atoms with Crippen molar-refractivity contribution in [2.45, 2.75) is 13.1 Å². The molecule has 3 rings (SSSR count). The Morgan fingerprint density at radius 2 is 1.75 bits per heavy atom. The first-order valence-electron chi connectivity index (χ1n) is 8.59. The Labute approximate surface area is 159 Å². The van der Waals surface area contributed by atoms with Gasteiger partial charge < -0.3 is 15.0 Å². The fourth-order valence-electron chi connectivity index (χ4n) is 2.86. The zero-order chi connectivity index (χ0) is 20.3. The van der Waals surface area contributed by atoms with Crippen LogP contribution in [0, 0.1) is 6.92 Å². The molecule has 6 nitrogen and oxygen atoms in total. The van der Waals surface area contributed by atoms with E-state index in [1.807, 2.05) is 0 Å². The smallest absolute Gasteiger partial charge is 0.378 e. The van der Waals surface area contributed by atoms with Gasteiger partial charge in [-0.2, -0.15) is 13.2 Å². The number of halogens is 3. The van der Waals surface area contributed by atoms with Crippen molar-refractivity contribution in [1.82, 2.24) is 9.88 Å². The normalized spacial score (nSPS) is 14.6. The number of hydrogen-bond acceptors (Lipinski definition) is 4. The van der Waals surface area contributed by atoms with Gasteiger partial charge in [0.2, 0.25) is 0 Å². The van der Waals surface area contributed by atoms with Gasteiger partial charge in [-0.3, -0.25) is 9.59 Å². The molecule has 2 aromatic rings. The number of rotatable bonds is 3. The van der Waals surface area contributed by atoms with Crippen LogP contribution in [-0.2, 0) is 10.9 Å². The van der Waals surface area contributed by atoms with Crippen LogP contribution in [-0.4, -0.2) is 48.0 Å². The lowest BCUT2D eigenvalue weighted by Crippen LogP contribution is -2.41. The predicted molar refractivity (Wildman–Crippen MR) is 95.1 cm³/mol. The van der Waals surface area contributed by atoms with E-state index >= 15 is 0 Å². The number of benzene rings is 1. The summed E-state index contributed by atoms with van der Waals surface area (Å²) in [5, 5.41) is 2.61. The molecule has 1 saturated heterocycles. The Kier molecular flexibility index (Phi) is 5.64. The molecular weight excluding hydrogens is 375 g/mol. The number of para-hydroxylation sites is 1. The highest BCUT2D eigenvalue weighted by Crippen LogP contribution is 2.28. The fraction of sp³-hybridized carbons (Fsp3) is 0.316. The summed E-state index contributed by atoms with van der Waals surface area (Å²) in [6.07, 6.45) is -4.59. The molecule has 0 saturated carbocycles. The second kappa shape index (κ2) is 7.97. The van der Waals surface area contributed by atoms with Crippen molar-refractivity contribution in [3.05, 3.63) is 58.9 Å². The predicted octanol–water partition coefficient (Wildman–Crippen LogP) is 3.13. The number of carbonyl (C=O) groups is 2.